The first kappa shape index (κ1) is 49.3. The highest BCUT2D eigenvalue weighted by molar-refractivity contribution is 6.11. The summed E-state index contributed by atoms with van der Waals surface area (Å²) in [6.07, 6.45) is -14.6. The van der Waals surface area contributed by atoms with Crippen LogP contribution < -0.4 is 4.74 Å². The largest absolute Gasteiger partial charge is 0.507 e. The number of phenols is 16. The number of rotatable bonds is 3. The average molecular weight is 1060 g/mol. The average Bonchev–Trinajstić information content (AvgIpc) is 3.46. The molecule has 6 aromatic rings. The van der Waals surface area contributed by atoms with Gasteiger partial charge < -0.3 is 116 Å². The maximum atomic E-state index is 14.8. The number of fused-ring (bicyclic) bond motifs is 8. The minimum atomic E-state index is -2.77. The van der Waals surface area contributed by atoms with Crippen LogP contribution in [0.3, 0.4) is 0 Å². The van der Waals surface area contributed by atoms with Gasteiger partial charge in [-0.2, -0.15) is 0 Å². The van der Waals surface area contributed by atoms with Crippen molar-refractivity contribution in [3.05, 3.63) is 87.0 Å². The summed E-state index contributed by atoms with van der Waals surface area (Å²) in [5.74, 6) is -30.6. The van der Waals surface area contributed by atoms with Crippen molar-refractivity contribution in [2.45, 2.75) is 49.0 Å². The molecular weight excluding hydrogens is 1020 g/mol. The number of aliphatic hydroxyl groups excluding tert-OH is 2. The third-order valence-corrected chi connectivity index (χ3v) is 13.4. The Kier molecular flexibility index (Phi) is 11.1. The van der Waals surface area contributed by atoms with Gasteiger partial charge in [-0.25, -0.2) is 19.2 Å². The van der Waals surface area contributed by atoms with E-state index in [1.54, 1.807) is 0 Å². The Hall–Kier alpha value is -10.3. The van der Waals surface area contributed by atoms with E-state index in [-0.39, 0.29) is 11.1 Å². The molecule has 0 saturated carbocycles. The number of carbonyl (C=O) groups excluding carboxylic acids is 4. The van der Waals surface area contributed by atoms with Gasteiger partial charge >= 0.3 is 23.9 Å². The van der Waals surface area contributed by atoms with E-state index in [0.29, 0.717) is 24.3 Å². The number of esters is 4. The van der Waals surface area contributed by atoms with Gasteiger partial charge in [-0.15, -0.1) is 0 Å². The number of carbonyl (C=O) groups is 4. The minimum absolute atomic E-state index is 0.0770. The Morgan fingerprint density at radius 3 is 1.43 bits per heavy atom. The molecule has 0 fully saturated rings. The first-order chi connectivity index (χ1) is 35.8. The van der Waals surface area contributed by atoms with Crippen LogP contribution in [0.2, 0.25) is 0 Å². The topological polar surface area (TPSA) is 479 Å². The van der Waals surface area contributed by atoms with E-state index in [1.807, 2.05) is 0 Å². The van der Waals surface area contributed by atoms with Gasteiger partial charge in [0.05, 0.1) is 34.3 Å². The van der Waals surface area contributed by atoms with Crippen molar-refractivity contribution < 1.29 is 135 Å². The molecule has 18 N–H and O–H groups in total. The number of aromatic hydroxyl groups is 16. The van der Waals surface area contributed by atoms with Gasteiger partial charge in [0.1, 0.15) is 36.1 Å². The molecule has 0 spiro atoms. The molecule has 0 radical (unpaired) electrons. The number of cyclic esters (lactones) is 3. The van der Waals surface area contributed by atoms with Crippen molar-refractivity contribution >= 4 is 23.9 Å². The fourth-order valence-electron chi connectivity index (χ4n) is 9.89. The summed E-state index contributed by atoms with van der Waals surface area (Å²) in [7, 11) is 0. The van der Waals surface area contributed by atoms with Gasteiger partial charge in [-0.3, -0.25) is 0 Å². The van der Waals surface area contributed by atoms with Crippen LogP contribution in [-0.2, 0) is 25.4 Å². The molecule has 2 bridgehead atoms. The lowest BCUT2D eigenvalue weighted by atomic mass is 9.73. The van der Waals surface area contributed by atoms with E-state index in [0.717, 1.165) is 12.1 Å². The molecule has 10 rings (SSSR count). The smallest absolute Gasteiger partial charge is 0.339 e. The van der Waals surface area contributed by atoms with E-state index in [2.05, 4.69) is 0 Å². The lowest BCUT2D eigenvalue weighted by Gasteiger charge is -2.43. The summed E-state index contributed by atoms with van der Waals surface area (Å²) >= 11 is 0. The number of ether oxygens (including phenoxy) is 5. The summed E-state index contributed by atoms with van der Waals surface area (Å²) in [6, 6.07) is 5.02. The molecule has 27 heteroatoms. The maximum absolute atomic E-state index is 14.8. The zero-order valence-electron chi connectivity index (χ0n) is 37.7. The fourth-order valence-corrected chi connectivity index (χ4v) is 9.89. The maximum Gasteiger partial charge on any atom is 0.339 e. The normalized spacial score (nSPS) is 21.7. The van der Waals surface area contributed by atoms with Crippen LogP contribution in [-0.4, -0.2) is 153 Å². The third-order valence-electron chi connectivity index (χ3n) is 13.4. The molecule has 6 aromatic carbocycles. The summed E-state index contributed by atoms with van der Waals surface area (Å²) in [5, 5.41) is 200. The van der Waals surface area contributed by atoms with Crippen molar-refractivity contribution in [1.29, 1.82) is 0 Å². The van der Waals surface area contributed by atoms with Crippen molar-refractivity contribution in [1.82, 2.24) is 0 Å². The van der Waals surface area contributed by atoms with Crippen molar-refractivity contribution in [2.24, 2.45) is 0 Å². The molecule has 0 saturated heterocycles. The van der Waals surface area contributed by atoms with Crippen LogP contribution in [0.5, 0.6) is 97.7 Å². The molecule has 27 nitrogen and oxygen atoms in total. The SMILES string of the molecule is O=C1OC[C@@H](O)[C@H]([C@@H]2OC(=O)c3cc(O)c(O)c(O)c3-c3c(O)c(O)c(O)c4c3C(=O)O[C@H]2[C@H]4c2c(O)cc(O)c3c2O[C@H](c2ccc(O)c(O)c2)[C@@H](O)C3)OC(=O)c2cc(O)c(O)c(O)c2-c2c1cc(O)c(O)c2O. The highest BCUT2D eigenvalue weighted by Gasteiger charge is 2.56. The van der Waals surface area contributed by atoms with E-state index < -0.39 is 233 Å². The fraction of sp³-hybridized carbons (Fsp3) is 0.184. The van der Waals surface area contributed by atoms with Gasteiger partial charge in [0.2, 0.25) is 23.0 Å². The molecule has 394 valence electrons. The lowest BCUT2D eigenvalue weighted by Crippen LogP contribution is -2.55. The Morgan fingerprint density at radius 1 is 0.382 bits per heavy atom. The minimum Gasteiger partial charge on any atom is -0.507 e. The monoisotopic (exact) mass is 1060 g/mol. The van der Waals surface area contributed by atoms with E-state index in [4.69, 9.17) is 23.7 Å². The molecule has 4 heterocycles. The second kappa shape index (κ2) is 17.2. The van der Waals surface area contributed by atoms with Crippen molar-refractivity contribution in [3.8, 4) is 120 Å². The van der Waals surface area contributed by atoms with Gasteiger partial charge in [0.15, 0.2) is 75.8 Å². The van der Waals surface area contributed by atoms with Crippen LogP contribution >= 0.6 is 0 Å². The first-order valence-electron chi connectivity index (χ1n) is 21.9. The number of aliphatic hydroxyl groups is 2. The van der Waals surface area contributed by atoms with Gasteiger partial charge in [-0.05, 0) is 35.9 Å². The van der Waals surface area contributed by atoms with Crippen LogP contribution in [0.15, 0.2) is 42.5 Å². The molecule has 7 atom stereocenters. The number of hydrogen-bond donors (Lipinski definition) is 18. The van der Waals surface area contributed by atoms with E-state index in [1.165, 1.54) is 6.07 Å². The third kappa shape index (κ3) is 7.11. The number of phenolic OH excluding ortho intramolecular Hbond substituents is 16. The summed E-state index contributed by atoms with van der Waals surface area (Å²) in [5.41, 5.74) is -11.2. The molecule has 0 unspecified atom stereocenters. The highest BCUT2D eigenvalue weighted by Crippen LogP contribution is 2.62. The van der Waals surface area contributed by atoms with Crippen LogP contribution in [0.4, 0.5) is 0 Å². The zero-order chi connectivity index (χ0) is 55.0. The summed E-state index contributed by atoms with van der Waals surface area (Å²) in [6.45, 7) is -1.44. The van der Waals surface area contributed by atoms with Crippen LogP contribution in [0.25, 0.3) is 22.3 Å². The summed E-state index contributed by atoms with van der Waals surface area (Å²) in [4.78, 5) is 58.3. The molecular formula is C49H36O27. The number of hydrogen-bond acceptors (Lipinski definition) is 27. The molecule has 0 aliphatic carbocycles. The molecule has 0 amide bonds. The second-order valence-corrected chi connectivity index (χ2v) is 17.7. The van der Waals surface area contributed by atoms with Gasteiger partial charge in [0.25, 0.3) is 0 Å². The van der Waals surface area contributed by atoms with Gasteiger partial charge in [0, 0.05) is 51.4 Å². The quantitative estimate of drug-likeness (QED) is 0.0687. The van der Waals surface area contributed by atoms with Gasteiger partial charge in [-0.1, -0.05) is 6.07 Å². The van der Waals surface area contributed by atoms with E-state index >= 15 is 0 Å². The Labute approximate surface area is 420 Å². The molecule has 76 heavy (non-hydrogen) atoms. The molecule has 4 aliphatic rings. The van der Waals surface area contributed by atoms with Crippen molar-refractivity contribution in [3.63, 3.8) is 0 Å². The highest BCUT2D eigenvalue weighted by atomic mass is 16.6. The Balaban J connectivity index is 1.28. The second-order valence-electron chi connectivity index (χ2n) is 17.7. The predicted molar refractivity (Wildman–Crippen MR) is 242 cm³/mol. The lowest BCUT2D eigenvalue weighted by molar-refractivity contribution is -0.133. The zero-order valence-corrected chi connectivity index (χ0v) is 37.7. The molecule has 0 aromatic heterocycles. The summed E-state index contributed by atoms with van der Waals surface area (Å²) < 4.78 is 29.1. The Bertz CT molecular complexity index is 3600. The number of benzene rings is 6. The first-order valence-corrected chi connectivity index (χ1v) is 21.9. The van der Waals surface area contributed by atoms with Crippen LogP contribution in [0.1, 0.15) is 75.7 Å². The Morgan fingerprint density at radius 2 is 0.882 bits per heavy atom. The predicted octanol–water partition coefficient (Wildman–Crippen LogP) is 2.31. The van der Waals surface area contributed by atoms with Crippen LogP contribution in [0, 0.1) is 0 Å². The van der Waals surface area contributed by atoms with Crippen molar-refractivity contribution in [2.75, 3.05) is 6.61 Å². The molecule has 4 aliphatic heterocycles. The van der Waals surface area contributed by atoms with E-state index in [9.17, 15) is 111 Å². The standard InChI is InChI=1S/C49H36O27/c50-15-2-1-10(3-17(15)52)41-22(57)4-11-16(51)8-18(53)27(42(11)73-41)30-29-31-28(38(65)40(67)39(29)66)26-14(7-21(56)34(61)37(26)64)48(70)76-45(44(30)75-49(31)71)43-23(58)9-72-46(68)12-5-19(54)32(59)35(62)24(12)25-13(47(69)74-43)6-20(55)33(60)36(25)63/h1-3,5-8,22-23,30,41,43-45,50-67H,4,9H2/t22-,23+,30-,41+,43+,44-,45-/m0/s1.